The average molecular weight is 407 g/mol. The van der Waals surface area contributed by atoms with Crippen molar-refractivity contribution in [1.82, 2.24) is 9.21 Å². The maximum atomic E-state index is 12.9. The van der Waals surface area contributed by atoms with Gasteiger partial charge in [0.05, 0.1) is 4.90 Å². The van der Waals surface area contributed by atoms with Crippen molar-refractivity contribution in [3.05, 3.63) is 51.2 Å². The smallest absolute Gasteiger partial charge is 0.253 e. The fourth-order valence-corrected chi connectivity index (χ4v) is 6.11. The Morgan fingerprint density at radius 1 is 0.963 bits per heavy atom. The number of piperazine rings is 1. The van der Waals surface area contributed by atoms with Crippen LogP contribution in [0.2, 0.25) is 0 Å². The Morgan fingerprint density at radius 2 is 1.52 bits per heavy atom. The van der Waals surface area contributed by atoms with Crippen molar-refractivity contribution in [3.8, 4) is 0 Å². The van der Waals surface area contributed by atoms with Gasteiger partial charge >= 0.3 is 0 Å². The zero-order valence-corrected chi connectivity index (χ0v) is 17.2. The molecule has 1 aromatic carbocycles. The minimum Gasteiger partial charge on any atom is -0.336 e. The molecule has 8 heteroatoms. The molecule has 1 aromatic heterocycles. The monoisotopic (exact) mass is 406 g/mol. The molecule has 144 valence electrons. The predicted octanol–water partition coefficient (Wildman–Crippen LogP) is 2.71. The zero-order valence-electron chi connectivity index (χ0n) is 15.6. The van der Waals surface area contributed by atoms with E-state index in [1.54, 1.807) is 35.2 Å². The van der Waals surface area contributed by atoms with Crippen molar-refractivity contribution in [1.29, 1.82) is 0 Å². The molecule has 0 bridgehead atoms. The van der Waals surface area contributed by atoms with Gasteiger partial charge in [-0.3, -0.25) is 9.59 Å². The maximum absolute atomic E-state index is 12.9. The van der Waals surface area contributed by atoms with Crippen LogP contribution in [0.5, 0.6) is 0 Å². The molecular formula is C19H22N2O4S2. The van der Waals surface area contributed by atoms with Crippen LogP contribution in [0.4, 0.5) is 0 Å². The van der Waals surface area contributed by atoms with Gasteiger partial charge in [-0.1, -0.05) is 12.1 Å². The standard InChI is InChI=1S/C19H22N2O4S2/c1-13-12-18(15(3)26-13)27(24,25)21-10-8-20(9-11-21)19(23)17-6-4-16(5-7-17)14(2)22/h4-7,12H,8-11H2,1-3H3. The lowest BCUT2D eigenvalue weighted by Gasteiger charge is -2.34. The molecule has 0 atom stereocenters. The second kappa shape index (κ2) is 7.53. The molecule has 0 N–H and O–H groups in total. The summed E-state index contributed by atoms with van der Waals surface area (Å²) < 4.78 is 27.2. The number of thiophene rings is 1. The molecule has 0 unspecified atom stereocenters. The van der Waals surface area contributed by atoms with Gasteiger partial charge in [0, 0.05) is 47.1 Å². The summed E-state index contributed by atoms with van der Waals surface area (Å²) >= 11 is 1.47. The predicted molar refractivity (Wildman–Crippen MR) is 105 cm³/mol. The molecular weight excluding hydrogens is 384 g/mol. The molecule has 1 aliphatic heterocycles. The molecule has 1 amide bonds. The first kappa shape index (κ1) is 19.7. The van der Waals surface area contributed by atoms with Crippen molar-refractivity contribution in [2.45, 2.75) is 25.7 Å². The average Bonchev–Trinajstić information content (AvgIpc) is 3.00. The number of rotatable bonds is 4. The van der Waals surface area contributed by atoms with E-state index in [-0.39, 0.29) is 24.8 Å². The second-order valence-electron chi connectivity index (χ2n) is 6.61. The number of hydrogen-bond donors (Lipinski definition) is 0. The Balaban J connectivity index is 1.68. The summed E-state index contributed by atoms with van der Waals surface area (Å²) in [5.74, 6) is -0.198. The molecule has 3 rings (SSSR count). The number of nitrogens with zero attached hydrogens (tertiary/aromatic N) is 2. The molecule has 0 aliphatic carbocycles. The van der Waals surface area contributed by atoms with Gasteiger partial charge in [-0.15, -0.1) is 11.3 Å². The fraction of sp³-hybridized carbons (Fsp3) is 0.368. The number of hydrogen-bond acceptors (Lipinski definition) is 5. The normalized spacial score (nSPS) is 15.7. The summed E-state index contributed by atoms with van der Waals surface area (Å²) in [5, 5.41) is 0. The molecule has 1 aliphatic rings. The first-order valence-corrected chi connectivity index (χ1v) is 10.9. The third-order valence-electron chi connectivity index (χ3n) is 4.68. The van der Waals surface area contributed by atoms with Crippen LogP contribution in [0.3, 0.4) is 0 Å². The number of carbonyl (C=O) groups is 2. The summed E-state index contributed by atoms with van der Waals surface area (Å²) in [5.41, 5.74) is 1.06. The van der Waals surface area contributed by atoms with Crippen molar-refractivity contribution >= 4 is 33.1 Å². The van der Waals surface area contributed by atoms with Crippen LogP contribution in [-0.2, 0) is 10.0 Å². The highest BCUT2D eigenvalue weighted by molar-refractivity contribution is 7.89. The molecule has 27 heavy (non-hydrogen) atoms. The topological polar surface area (TPSA) is 74.8 Å². The van der Waals surface area contributed by atoms with Gasteiger partial charge in [-0.2, -0.15) is 4.31 Å². The highest BCUT2D eigenvalue weighted by atomic mass is 32.2. The Bertz CT molecular complexity index is 970. The van der Waals surface area contributed by atoms with Gasteiger partial charge in [0.1, 0.15) is 0 Å². The molecule has 2 aromatic rings. The van der Waals surface area contributed by atoms with Gasteiger partial charge in [0.15, 0.2) is 5.78 Å². The van der Waals surface area contributed by atoms with Gasteiger partial charge in [0.25, 0.3) is 5.91 Å². The summed E-state index contributed by atoms with van der Waals surface area (Å²) in [6.07, 6.45) is 0. The molecule has 2 heterocycles. The van der Waals surface area contributed by atoms with E-state index in [9.17, 15) is 18.0 Å². The number of amides is 1. The van der Waals surface area contributed by atoms with E-state index in [1.165, 1.54) is 22.6 Å². The van der Waals surface area contributed by atoms with Crippen LogP contribution in [0.25, 0.3) is 0 Å². The summed E-state index contributed by atoms with van der Waals surface area (Å²) in [6, 6.07) is 8.26. The van der Waals surface area contributed by atoms with Gasteiger partial charge in [-0.05, 0) is 39.0 Å². The van der Waals surface area contributed by atoms with E-state index in [4.69, 9.17) is 0 Å². The summed E-state index contributed by atoms with van der Waals surface area (Å²) in [7, 11) is -3.53. The molecule has 6 nitrogen and oxygen atoms in total. The molecule has 0 radical (unpaired) electrons. The molecule has 0 saturated carbocycles. The largest absolute Gasteiger partial charge is 0.336 e. The SMILES string of the molecule is CC(=O)c1ccc(C(=O)N2CCN(S(=O)(=O)c3cc(C)sc3C)CC2)cc1. The minimum absolute atomic E-state index is 0.0493. The zero-order chi connectivity index (χ0) is 19.8. The van der Waals surface area contributed by atoms with Crippen molar-refractivity contribution in [2.24, 2.45) is 0 Å². The van der Waals surface area contributed by atoms with Crippen LogP contribution in [0.15, 0.2) is 35.2 Å². The number of aryl methyl sites for hydroxylation is 2. The van der Waals surface area contributed by atoms with Crippen LogP contribution in [0.1, 0.15) is 37.4 Å². The number of sulfonamides is 1. The minimum atomic E-state index is -3.53. The van der Waals surface area contributed by atoms with Crippen LogP contribution in [-0.4, -0.2) is 55.5 Å². The van der Waals surface area contributed by atoms with Crippen LogP contribution >= 0.6 is 11.3 Å². The van der Waals surface area contributed by atoms with E-state index in [1.807, 2.05) is 13.8 Å². The van der Waals surface area contributed by atoms with E-state index >= 15 is 0 Å². The fourth-order valence-electron chi connectivity index (χ4n) is 3.16. The Morgan fingerprint density at radius 3 is 2.00 bits per heavy atom. The quantitative estimate of drug-likeness (QED) is 0.732. The first-order chi connectivity index (χ1) is 12.7. The Kier molecular flexibility index (Phi) is 5.50. The van der Waals surface area contributed by atoms with Crippen molar-refractivity contribution in [2.75, 3.05) is 26.2 Å². The lowest BCUT2D eigenvalue weighted by atomic mass is 10.1. The number of Topliss-reactive ketones (excluding diaryl/α,β-unsaturated/α-hetero) is 1. The van der Waals surface area contributed by atoms with Crippen LogP contribution < -0.4 is 0 Å². The summed E-state index contributed by atoms with van der Waals surface area (Å²) in [4.78, 5) is 27.8. The third-order valence-corrected chi connectivity index (χ3v) is 7.80. The molecule has 1 fully saturated rings. The van der Waals surface area contributed by atoms with Crippen LogP contribution in [0, 0.1) is 13.8 Å². The molecule has 0 spiro atoms. The lowest BCUT2D eigenvalue weighted by Crippen LogP contribution is -2.50. The molecule has 1 saturated heterocycles. The Labute approximate surface area is 163 Å². The Hall–Kier alpha value is -2.03. The van der Waals surface area contributed by atoms with Gasteiger partial charge < -0.3 is 4.90 Å². The van der Waals surface area contributed by atoms with Gasteiger partial charge in [0.2, 0.25) is 10.0 Å². The number of ketones is 1. The second-order valence-corrected chi connectivity index (χ2v) is 9.97. The number of benzene rings is 1. The van der Waals surface area contributed by atoms with E-state index in [2.05, 4.69) is 0 Å². The van der Waals surface area contributed by atoms with E-state index < -0.39 is 10.0 Å². The lowest BCUT2D eigenvalue weighted by molar-refractivity contribution is 0.0697. The van der Waals surface area contributed by atoms with Crippen molar-refractivity contribution in [3.63, 3.8) is 0 Å². The summed E-state index contributed by atoms with van der Waals surface area (Å²) in [6.45, 7) is 6.41. The van der Waals surface area contributed by atoms with Gasteiger partial charge in [-0.25, -0.2) is 8.42 Å². The van der Waals surface area contributed by atoms with Crippen molar-refractivity contribution < 1.29 is 18.0 Å². The third kappa shape index (κ3) is 3.97. The van der Waals surface area contributed by atoms with E-state index in [0.717, 1.165) is 9.75 Å². The van der Waals surface area contributed by atoms with E-state index in [0.29, 0.717) is 29.1 Å². The number of carbonyl (C=O) groups excluding carboxylic acids is 2. The first-order valence-electron chi connectivity index (χ1n) is 8.67. The maximum Gasteiger partial charge on any atom is 0.253 e. The highest BCUT2D eigenvalue weighted by Gasteiger charge is 2.32. The highest BCUT2D eigenvalue weighted by Crippen LogP contribution is 2.28.